The molecule has 0 radical (unpaired) electrons. The molecular formula is C12H9NO7S. The fraction of sp³-hybridized carbons (Fsp3) is 0.0833. The number of furan rings is 1. The topological polar surface area (TPSA) is 115 Å². The first-order chi connectivity index (χ1) is 9.95. The normalized spacial score (nSPS) is 13.1. The van der Waals surface area contributed by atoms with Crippen LogP contribution in [0.15, 0.2) is 39.8 Å². The van der Waals surface area contributed by atoms with Crippen LogP contribution in [0.5, 0.6) is 11.5 Å². The summed E-state index contributed by atoms with van der Waals surface area (Å²) in [5.74, 6) is -0.870. The minimum absolute atomic E-state index is 0.0751. The molecule has 3 rings (SSSR count). The number of aromatic carboxylic acids is 1. The van der Waals surface area contributed by atoms with Crippen LogP contribution in [0.1, 0.15) is 10.6 Å². The Labute approximate surface area is 119 Å². The number of benzene rings is 1. The van der Waals surface area contributed by atoms with Gasteiger partial charge < -0.3 is 19.0 Å². The Kier molecular flexibility index (Phi) is 2.98. The van der Waals surface area contributed by atoms with Crippen molar-refractivity contribution >= 4 is 21.7 Å². The molecule has 110 valence electrons. The summed E-state index contributed by atoms with van der Waals surface area (Å²) < 4.78 is 41.4. The molecule has 1 aliphatic rings. The summed E-state index contributed by atoms with van der Waals surface area (Å²) in [5, 5.41) is 8.23. The van der Waals surface area contributed by atoms with Gasteiger partial charge in [-0.25, -0.2) is 4.79 Å². The standard InChI is InChI=1S/C12H9NO7S/c14-12(15)9-3-4-11(20-9)21(16,17)13-7-1-2-8-10(5-7)19-6-18-8/h1-5,13H,6H2,(H,14,15). The lowest BCUT2D eigenvalue weighted by Crippen LogP contribution is -2.12. The third kappa shape index (κ3) is 2.50. The van der Waals surface area contributed by atoms with E-state index in [1.165, 1.54) is 12.1 Å². The van der Waals surface area contributed by atoms with Gasteiger partial charge in [-0.2, -0.15) is 8.42 Å². The number of carboxylic acid groups (broad SMARTS) is 1. The lowest BCUT2D eigenvalue weighted by molar-refractivity contribution is 0.0656. The maximum absolute atomic E-state index is 12.1. The molecule has 0 fully saturated rings. The molecule has 0 amide bonds. The quantitative estimate of drug-likeness (QED) is 0.879. The predicted molar refractivity (Wildman–Crippen MR) is 69.0 cm³/mol. The Hall–Kier alpha value is -2.68. The second kappa shape index (κ2) is 4.70. The summed E-state index contributed by atoms with van der Waals surface area (Å²) in [6.45, 7) is 0.0751. The van der Waals surface area contributed by atoms with Crippen LogP contribution in [0, 0.1) is 0 Å². The van der Waals surface area contributed by atoms with Crippen LogP contribution in [-0.2, 0) is 10.0 Å². The van der Waals surface area contributed by atoms with Crippen LogP contribution in [0.3, 0.4) is 0 Å². The maximum atomic E-state index is 12.1. The first-order valence-electron chi connectivity index (χ1n) is 5.71. The molecule has 2 aromatic rings. The van der Waals surface area contributed by atoms with Crippen molar-refractivity contribution in [2.45, 2.75) is 5.09 Å². The second-order valence-corrected chi connectivity index (χ2v) is 5.71. The minimum atomic E-state index is -4.02. The molecule has 8 nitrogen and oxygen atoms in total. The minimum Gasteiger partial charge on any atom is -0.475 e. The van der Waals surface area contributed by atoms with Gasteiger partial charge in [0.1, 0.15) is 0 Å². The number of hydrogen-bond acceptors (Lipinski definition) is 6. The molecule has 0 bridgehead atoms. The predicted octanol–water partition coefficient (Wildman–Crippen LogP) is 1.51. The van der Waals surface area contributed by atoms with Gasteiger partial charge in [-0.1, -0.05) is 0 Å². The molecule has 21 heavy (non-hydrogen) atoms. The molecule has 0 aliphatic carbocycles. The molecule has 1 aromatic carbocycles. The molecule has 9 heteroatoms. The van der Waals surface area contributed by atoms with Crippen LogP contribution >= 0.6 is 0 Å². The van der Waals surface area contributed by atoms with Gasteiger partial charge in [0.2, 0.25) is 17.6 Å². The van der Waals surface area contributed by atoms with E-state index < -0.39 is 26.8 Å². The first kappa shape index (κ1) is 13.3. The monoisotopic (exact) mass is 311 g/mol. The molecule has 2 heterocycles. The lowest BCUT2D eigenvalue weighted by Gasteiger charge is -2.06. The van der Waals surface area contributed by atoms with Gasteiger partial charge >= 0.3 is 5.97 Å². The fourth-order valence-corrected chi connectivity index (χ4v) is 2.73. The van der Waals surface area contributed by atoms with Crippen molar-refractivity contribution in [3.05, 3.63) is 36.1 Å². The van der Waals surface area contributed by atoms with Gasteiger partial charge in [0.15, 0.2) is 11.5 Å². The van der Waals surface area contributed by atoms with Gasteiger partial charge in [-0.3, -0.25) is 4.72 Å². The van der Waals surface area contributed by atoms with Gasteiger partial charge in [-0.05, 0) is 24.3 Å². The van der Waals surface area contributed by atoms with Crippen LogP contribution < -0.4 is 14.2 Å². The van der Waals surface area contributed by atoms with E-state index in [1.54, 1.807) is 6.07 Å². The molecule has 0 atom stereocenters. The van der Waals surface area contributed by atoms with Crippen molar-refractivity contribution in [2.75, 3.05) is 11.5 Å². The van der Waals surface area contributed by atoms with E-state index in [1.807, 2.05) is 0 Å². The van der Waals surface area contributed by atoms with Crippen LogP contribution in [-0.4, -0.2) is 26.3 Å². The number of carbonyl (C=O) groups is 1. The SMILES string of the molecule is O=C(O)c1ccc(S(=O)(=O)Nc2ccc3c(c2)OCO3)o1. The third-order valence-electron chi connectivity index (χ3n) is 2.68. The molecule has 0 saturated heterocycles. The Morgan fingerprint density at radius 2 is 1.90 bits per heavy atom. The number of carboxylic acids is 1. The van der Waals surface area contributed by atoms with Gasteiger partial charge in [0, 0.05) is 6.07 Å². The highest BCUT2D eigenvalue weighted by molar-refractivity contribution is 7.92. The van der Waals surface area contributed by atoms with E-state index >= 15 is 0 Å². The first-order valence-corrected chi connectivity index (χ1v) is 7.20. The molecule has 2 N–H and O–H groups in total. The third-order valence-corrected chi connectivity index (χ3v) is 3.94. The molecular weight excluding hydrogens is 302 g/mol. The van der Waals surface area contributed by atoms with Crippen molar-refractivity contribution in [3.63, 3.8) is 0 Å². The van der Waals surface area contributed by atoms with E-state index in [-0.39, 0.29) is 12.5 Å². The largest absolute Gasteiger partial charge is 0.475 e. The molecule has 0 saturated carbocycles. The number of ether oxygens (including phenoxy) is 2. The van der Waals surface area contributed by atoms with Crippen LogP contribution in [0.2, 0.25) is 0 Å². The summed E-state index contributed by atoms with van der Waals surface area (Å²) in [6, 6.07) is 6.65. The van der Waals surface area contributed by atoms with Gasteiger partial charge in [0.25, 0.3) is 10.0 Å². The highest BCUT2D eigenvalue weighted by atomic mass is 32.2. The van der Waals surface area contributed by atoms with E-state index in [9.17, 15) is 13.2 Å². The van der Waals surface area contributed by atoms with E-state index in [4.69, 9.17) is 19.0 Å². The van der Waals surface area contributed by atoms with Crippen LogP contribution in [0.4, 0.5) is 5.69 Å². The second-order valence-electron chi connectivity index (χ2n) is 4.10. The zero-order valence-electron chi connectivity index (χ0n) is 10.4. The molecule has 1 aliphatic heterocycles. The molecule has 0 spiro atoms. The highest BCUT2D eigenvalue weighted by Gasteiger charge is 2.22. The number of nitrogens with one attached hydrogen (secondary N) is 1. The lowest BCUT2D eigenvalue weighted by atomic mass is 10.3. The highest BCUT2D eigenvalue weighted by Crippen LogP contribution is 2.34. The summed E-state index contributed by atoms with van der Waals surface area (Å²) >= 11 is 0. The van der Waals surface area contributed by atoms with Crippen molar-refractivity contribution < 1.29 is 32.2 Å². The maximum Gasteiger partial charge on any atom is 0.371 e. The average Bonchev–Trinajstić information content (AvgIpc) is 3.07. The van der Waals surface area contributed by atoms with Crippen LogP contribution in [0.25, 0.3) is 0 Å². The van der Waals surface area contributed by atoms with Crippen molar-refractivity contribution in [2.24, 2.45) is 0 Å². The number of anilines is 1. The van der Waals surface area contributed by atoms with Crippen molar-refractivity contribution in [3.8, 4) is 11.5 Å². The fourth-order valence-electron chi connectivity index (χ4n) is 1.74. The van der Waals surface area contributed by atoms with E-state index in [0.717, 1.165) is 12.1 Å². The number of rotatable bonds is 4. The van der Waals surface area contributed by atoms with Crippen molar-refractivity contribution in [1.29, 1.82) is 0 Å². The summed E-state index contributed by atoms with van der Waals surface area (Å²) in [7, 11) is -4.02. The summed E-state index contributed by atoms with van der Waals surface area (Å²) in [6.07, 6.45) is 0. The summed E-state index contributed by atoms with van der Waals surface area (Å²) in [5.41, 5.74) is 0.243. The Morgan fingerprint density at radius 3 is 2.62 bits per heavy atom. The Morgan fingerprint density at radius 1 is 1.14 bits per heavy atom. The number of sulfonamides is 1. The number of hydrogen-bond donors (Lipinski definition) is 2. The smallest absolute Gasteiger partial charge is 0.371 e. The number of fused-ring (bicyclic) bond motifs is 1. The van der Waals surface area contributed by atoms with E-state index in [0.29, 0.717) is 11.5 Å². The molecule has 0 unspecified atom stereocenters. The van der Waals surface area contributed by atoms with Gasteiger partial charge in [-0.15, -0.1) is 0 Å². The summed E-state index contributed by atoms with van der Waals surface area (Å²) in [4.78, 5) is 10.7. The average molecular weight is 311 g/mol. The zero-order valence-corrected chi connectivity index (χ0v) is 11.2. The Balaban J connectivity index is 1.87. The van der Waals surface area contributed by atoms with E-state index in [2.05, 4.69) is 4.72 Å². The van der Waals surface area contributed by atoms with Gasteiger partial charge in [0.05, 0.1) is 5.69 Å². The zero-order chi connectivity index (χ0) is 15.0. The molecule has 1 aromatic heterocycles. The Bertz CT molecular complexity index is 809. The van der Waals surface area contributed by atoms with Crippen molar-refractivity contribution in [1.82, 2.24) is 0 Å².